The van der Waals surface area contributed by atoms with E-state index < -0.39 is 0 Å². The highest BCUT2D eigenvalue weighted by atomic mass is 35.5. The van der Waals surface area contributed by atoms with Crippen LogP contribution in [0.2, 0.25) is 5.02 Å². The maximum Gasteiger partial charge on any atom is 0.231 e. The van der Waals surface area contributed by atoms with Crippen molar-refractivity contribution in [3.8, 4) is 5.82 Å². The van der Waals surface area contributed by atoms with E-state index in [2.05, 4.69) is 20.3 Å². The number of aromatic nitrogens is 4. The Morgan fingerprint density at radius 1 is 1.00 bits per heavy atom. The molecule has 25 heavy (non-hydrogen) atoms. The summed E-state index contributed by atoms with van der Waals surface area (Å²) in [5.41, 5.74) is 8.69. The summed E-state index contributed by atoms with van der Waals surface area (Å²) >= 11 is 5.92. The van der Waals surface area contributed by atoms with Gasteiger partial charge in [-0.3, -0.25) is 4.57 Å². The summed E-state index contributed by atoms with van der Waals surface area (Å²) in [7, 11) is 0. The monoisotopic (exact) mass is 350 g/mol. The second-order valence-electron chi connectivity index (χ2n) is 5.59. The third-order valence-corrected chi connectivity index (χ3v) is 4.04. The molecule has 3 N–H and O–H groups in total. The summed E-state index contributed by atoms with van der Waals surface area (Å²) in [6.07, 6.45) is 0. The zero-order valence-corrected chi connectivity index (χ0v) is 14.2. The van der Waals surface area contributed by atoms with E-state index in [1.54, 1.807) is 18.2 Å². The molecule has 2 aromatic carbocycles. The molecule has 2 heterocycles. The number of rotatable bonds is 3. The fourth-order valence-corrected chi connectivity index (χ4v) is 2.85. The van der Waals surface area contributed by atoms with E-state index in [4.69, 9.17) is 17.3 Å². The average molecular weight is 351 g/mol. The minimum atomic E-state index is 0.374. The molecule has 124 valence electrons. The number of nitrogens with zero attached hydrogens (tertiary/aromatic N) is 4. The van der Waals surface area contributed by atoms with Crippen LogP contribution in [0.25, 0.3) is 16.9 Å². The Hall–Kier alpha value is -3.12. The summed E-state index contributed by atoms with van der Waals surface area (Å²) in [6.45, 7) is 1.94. The maximum absolute atomic E-state index is 5.99. The molecule has 4 rings (SSSR count). The first kappa shape index (κ1) is 15.4. The molecule has 0 spiro atoms. The van der Waals surface area contributed by atoms with E-state index in [1.807, 2.05) is 47.9 Å². The minimum absolute atomic E-state index is 0.374. The molecule has 0 aliphatic rings. The summed E-state index contributed by atoms with van der Waals surface area (Å²) in [5, 5.41) is 3.81. The molecule has 7 heteroatoms. The lowest BCUT2D eigenvalue weighted by Crippen LogP contribution is -2.06. The molecule has 0 radical (unpaired) electrons. The quantitative estimate of drug-likeness (QED) is 0.581. The fraction of sp³-hybridized carbons (Fsp3) is 0.0556. The molecule has 0 fully saturated rings. The molecular weight excluding hydrogens is 336 g/mol. The highest BCUT2D eigenvalue weighted by molar-refractivity contribution is 6.30. The van der Waals surface area contributed by atoms with Crippen LogP contribution in [0.1, 0.15) is 5.82 Å². The standard InChI is InChI=1S/C18H15ClN6/c1-11-21-14-4-2-3-5-15(14)25(11)17-10-16(20)23-18(24-17)22-13-8-6-12(19)7-9-13/h2-10H,1H3,(H3,20,22,23,24). The first-order valence-electron chi connectivity index (χ1n) is 7.72. The second-order valence-corrected chi connectivity index (χ2v) is 6.03. The third kappa shape index (κ3) is 2.99. The van der Waals surface area contributed by atoms with Gasteiger partial charge in [-0.05, 0) is 43.3 Å². The number of halogens is 1. The van der Waals surface area contributed by atoms with Crippen LogP contribution in [0.3, 0.4) is 0 Å². The Balaban J connectivity index is 1.79. The molecule has 0 amide bonds. The molecule has 0 aliphatic heterocycles. The number of nitrogens with one attached hydrogen (secondary N) is 1. The smallest absolute Gasteiger partial charge is 0.231 e. The van der Waals surface area contributed by atoms with E-state index in [9.17, 15) is 0 Å². The normalized spacial score (nSPS) is 11.0. The number of anilines is 3. The predicted molar refractivity (Wildman–Crippen MR) is 101 cm³/mol. The van der Waals surface area contributed by atoms with Crippen LogP contribution in [0, 0.1) is 6.92 Å². The minimum Gasteiger partial charge on any atom is -0.383 e. The molecule has 0 saturated carbocycles. The highest BCUT2D eigenvalue weighted by Crippen LogP contribution is 2.23. The molecule has 0 saturated heterocycles. The largest absolute Gasteiger partial charge is 0.383 e. The summed E-state index contributed by atoms with van der Waals surface area (Å²) in [4.78, 5) is 13.4. The van der Waals surface area contributed by atoms with Crippen LogP contribution < -0.4 is 11.1 Å². The summed E-state index contributed by atoms with van der Waals surface area (Å²) in [5.74, 6) is 2.28. The van der Waals surface area contributed by atoms with Gasteiger partial charge in [0.1, 0.15) is 17.5 Å². The number of imidazole rings is 1. The lowest BCUT2D eigenvalue weighted by atomic mass is 10.3. The van der Waals surface area contributed by atoms with Gasteiger partial charge >= 0.3 is 0 Å². The number of benzene rings is 2. The van der Waals surface area contributed by atoms with Crippen LogP contribution >= 0.6 is 11.6 Å². The molecule has 0 bridgehead atoms. The van der Waals surface area contributed by atoms with Crippen LogP contribution in [-0.4, -0.2) is 19.5 Å². The van der Waals surface area contributed by atoms with Crippen molar-refractivity contribution in [2.24, 2.45) is 0 Å². The van der Waals surface area contributed by atoms with Gasteiger partial charge in [-0.25, -0.2) is 4.98 Å². The first-order chi connectivity index (χ1) is 12.1. The number of hydrogen-bond acceptors (Lipinski definition) is 5. The highest BCUT2D eigenvalue weighted by Gasteiger charge is 2.12. The topological polar surface area (TPSA) is 81.7 Å². The van der Waals surface area contributed by atoms with Crippen LogP contribution in [-0.2, 0) is 0 Å². The molecule has 0 unspecified atom stereocenters. The molecule has 4 aromatic rings. The Labute approximate surface area is 149 Å². The lowest BCUT2D eigenvalue weighted by molar-refractivity contribution is 0.947. The van der Waals surface area contributed by atoms with Gasteiger partial charge in [0.2, 0.25) is 5.95 Å². The average Bonchev–Trinajstić information content (AvgIpc) is 2.92. The zero-order chi connectivity index (χ0) is 17.4. The number of hydrogen-bond donors (Lipinski definition) is 2. The van der Waals surface area contributed by atoms with Gasteiger partial charge in [0.25, 0.3) is 0 Å². The van der Waals surface area contributed by atoms with Gasteiger partial charge in [-0.1, -0.05) is 23.7 Å². The van der Waals surface area contributed by atoms with Gasteiger partial charge in [0.05, 0.1) is 11.0 Å². The lowest BCUT2D eigenvalue weighted by Gasteiger charge is -2.10. The van der Waals surface area contributed by atoms with Gasteiger partial charge < -0.3 is 11.1 Å². The second kappa shape index (κ2) is 6.07. The van der Waals surface area contributed by atoms with Crippen LogP contribution in [0.5, 0.6) is 0 Å². The number of nitrogens with two attached hydrogens (primary N) is 1. The van der Waals surface area contributed by atoms with Crippen molar-refractivity contribution in [3.05, 3.63) is 65.4 Å². The van der Waals surface area contributed by atoms with Crippen molar-refractivity contribution in [2.45, 2.75) is 6.92 Å². The van der Waals surface area contributed by atoms with Gasteiger partial charge in [0, 0.05) is 16.8 Å². The van der Waals surface area contributed by atoms with Crippen molar-refractivity contribution < 1.29 is 0 Å². The van der Waals surface area contributed by atoms with Gasteiger partial charge in [0.15, 0.2) is 0 Å². The molecule has 2 aromatic heterocycles. The fourth-order valence-electron chi connectivity index (χ4n) is 2.72. The van der Waals surface area contributed by atoms with Crippen molar-refractivity contribution in [1.82, 2.24) is 19.5 Å². The number of aryl methyl sites for hydroxylation is 1. The van der Waals surface area contributed by atoms with E-state index in [0.717, 1.165) is 22.5 Å². The third-order valence-electron chi connectivity index (χ3n) is 3.79. The van der Waals surface area contributed by atoms with Gasteiger partial charge in [-0.15, -0.1) is 0 Å². The molecule has 0 atom stereocenters. The summed E-state index contributed by atoms with van der Waals surface area (Å²) < 4.78 is 1.96. The van der Waals surface area contributed by atoms with Crippen LogP contribution in [0.15, 0.2) is 54.6 Å². The summed E-state index contributed by atoms with van der Waals surface area (Å²) in [6, 6.07) is 16.9. The van der Waals surface area contributed by atoms with Crippen molar-refractivity contribution in [1.29, 1.82) is 0 Å². The van der Waals surface area contributed by atoms with Crippen LogP contribution in [0.4, 0.5) is 17.5 Å². The Morgan fingerprint density at radius 2 is 1.76 bits per heavy atom. The van der Waals surface area contributed by atoms with E-state index >= 15 is 0 Å². The number of fused-ring (bicyclic) bond motifs is 1. The van der Waals surface area contributed by atoms with E-state index in [0.29, 0.717) is 22.6 Å². The van der Waals surface area contributed by atoms with Crippen molar-refractivity contribution >= 4 is 40.1 Å². The Morgan fingerprint density at radius 3 is 2.56 bits per heavy atom. The van der Waals surface area contributed by atoms with E-state index in [-0.39, 0.29) is 0 Å². The molecule has 0 aliphatic carbocycles. The SMILES string of the molecule is Cc1nc2ccccc2n1-c1cc(N)nc(Nc2ccc(Cl)cc2)n1. The van der Waals surface area contributed by atoms with Crippen molar-refractivity contribution in [3.63, 3.8) is 0 Å². The predicted octanol–water partition coefficient (Wildman–Crippen LogP) is 4.10. The number of nitrogen functional groups attached to an aromatic ring is 1. The molecular formula is C18H15ClN6. The van der Waals surface area contributed by atoms with Crippen molar-refractivity contribution in [2.75, 3.05) is 11.1 Å². The maximum atomic E-state index is 5.99. The van der Waals surface area contributed by atoms with Gasteiger partial charge in [-0.2, -0.15) is 9.97 Å². The number of para-hydroxylation sites is 2. The van der Waals surface area contributed by atoms with E-state index in [1.165, 1.54) is 0 Å². The molecule has 6 nitrogen and oxygen atoms in total. The first-order valence-corrected chi connectivity index (χ1v) is 8.09. The Kier molecular flexibility index (Phi) is 3.74. The Bertz CT molecular complexity index is 1060. The zero-order valence-electron chi connectivity index (χ0n) is 13.4.